The minimum atomic E-state index is -3.87. The number of nitrogens with zero attached hydrogens (tertiary/aromatic N) is 1. The summed E-state index contributed by atoms with van der Waals surface area (Å²) in [5.74, 6) is 0. The highest BCUT2D eigenvalue weighted by Gasteiger charge is 2.33. The Hall–Kier alpha value is -1.45. The molecule has 17 heavy (non-hydrogen) atoms. The van der Waals surface area contributed by atoms with Gasteiger partial charge in [0.15, 0.2) is 4.90 Å². The predicted molar refractivity (Wildman–Crippen MR) is 59.3 cm³/mol. The van der Waals surface area contributed by atoms with E-state index < -0.39 is 26.2 Å². The minimum absolute atomic E-state index is 0.161. The quantitative estimate of drug-likeness (QED) is 0.563. The number of nitrogens with one attached hydrogen (secondary N) is 3. The Morgan fingerprint density at radius 2 is 2.00 bits per heavy atom. The Bertz CT molecular complexity index is 627. The number of hydrogen-bond acceptors (Lipinski definition) is 5. The molecule has 1 aromatic rings. The van der Waals surface area contributed by atoms with E-state index in [0.717, 1.165) is 10.5 Å². The van der Waals surface area contributed by atoms with E-state index in [1.165, 1.54) is 7.05 Å². The molecule has 0 saturated carbocycles. The van der Waals surface area contributed by atoms with Gasteiger partial charge in [-0.15, -0.1) is 0 Å². The van der Waals surface area contributed by atoms with E-state index in [-0.39, 0.29) is 6.04 Å². The van der Waals surface area contributed by atoms with Gasteiger partial charge in [0.05, 0.1) is 0 Å². The van der Waals surface area contributed by atoms with E-state index in [4.69, 9.17) is 0 Å². The number of aromatic nitrogens is 2. The second kappa shape index (κ2) is 4.09. The van der Waals surface area contributed by atoms with Gasteiger partial charge in [0.2, 0.25) is 10.0 Å². The fraction of sp³-hybridized carbons (Fsp3) is 0.500. The molecule has 0 aromatic carbocycles. The van der Waals surface area contributed by atoms with Crippen molar-refractivity contribution in [2.75, 3.05) is 20.1 Å². The molecule has 0 atom stereocenters. The van der Waals surface area contributed by atoms with Crippen molar-refractivity contribution in [3.8, 4) is 0 Å². The highest BCUT2D eigenvalue weighted by Crippen LogP contribution is 2.13. The first kappa shape index (κ1) is 12.0. The smallest absolute Gasteiger partial charge is 0.313 e. The first-order valence-corrected chi connectivity index (χ1v) is 6.37. The van der Waals surface area contributed by atoms with E-state index in [9.17, 15) is 18.0 Å². The van der Waals surface area contributed by atoms with Crippen LogP contribution in [0, 0.1) is 0 Å². The van der Waals surface area contributed by atoms with Crippen molar-refractivity contribution < 1.29 is 8.42 Å². The Labute approximate surface area is 96.7 Å². The molecule has 0 bridgehead atoms. The Kier molecular flexibility index (Phi) is 2.89. The number of sulfonamides is 1. The van der Waals surface area contributed by atoms with E-state index in [2.05, 4.69) is 10.3 Å². The summed E-state index contributed by atoms with van der Waals surface area (Å²) in [5, 5.41) is 2.94. The fourth-order valence-electron chi connectivity index (χ4n) is 1.47. The van der Waals surface area contributed by atoms with Crippen molar-refractivity contribution in [1.29, 1.82) is 0 Å². The lowest BCUT2D eigenvalue weighted by atomic mass is 10.2. The first-order chi connectivity index (χ1) is 7.93. The zero-order valence-electron chi connectivity index (χ0n) is 9.06. The van der Waals surface area contributed by atoms with E-state index in [1.54, 1.807) is 0 Å². The van der Waals surface area contributed by atoms with Crippen molar-refractivity contribution in [2.24, 2.45) is 0 Å². The molecule has 1 aromatic heterocycles. The molecule has 1 aliphatic heterocycles. The van der Waals surface area contributed by atoms with Crippen LogP contribution in [-0.4, -0.2) is 48.9 Å². The van der Waals surface area contributed by atoms with Gasteiger partial charge in [0.25, 0.3) is 5.56 Å². The van der Waals surface area contributed by atoms with Crippen LogP contribution < -0.4 is 16.6 Å². The zero-order chi connectivity index (χ0) is 12.6. The van der Waals surface area contributed by atoms with Crippen molar-refractivity contribution in [3.63, 3.8) is 0 Å². The van der Waals surface area contributed by atoms with Crippen LogP contribution >= 0.6 is 0 Å². The summed E-state index contributed by atoms with van der Waals surface area (Å²) in [6.07, 6.45) is 0.916. The van der Waals surface area contributed by atoms with Crippen LogP contribution in [0.2, 0.25) is 0 Å². The van der Waals surface area contributed by atoms with Gasteiger partial charge in [-0.05, 0) is 0 Å². The average molecular weight is 260 g/mol. The standard InChI is InChI=1S/C8H12N4O4S/c1-12(5-2-9-3-5)17(15,16)6-4-10-8(14)11-7(6)13/h4-5,9H,2-3H2,1H3,(H2,10,11,13,14). The van der Waals surface area contributed by atoms with Gasteiger partial charge in [0.1, 0.15) is 0 Å². The van der Waals surface area contributed by atoms with Crippen LogP contribution in [0.3, 0.4) is 0 Å². The molecular weight excluding hydrogens is 248 g/mol. The van der Waals surface area contributed by atoms with Gasteiger partial charge in [-0.2, -0.15) is 4.31 Å². The number of H-pyrrole nitrogens is 2. The normalized spacial score (nSPS) is 17.1. The molecule has 1 saturated heterocycles. The monoisotopic (exact) mass is 260 g/mol. The molecule has 9 heteroatoms. The molecule has 0 spiro atoms. The van der Waals surface area contributed by atoms with Crippen molar-refractivity contribution in [2.45, 2.75) is 10.9 Å². The highest BCUT2D eigenvalue weighted by molar-refractivity contribution is 7.89. The molecule has 2 heterocycles. The molecule has 94 valence electrons. The van der Waals surface area contributed by atoms with Gasteiger partial charge in [-0.25, -0.2) is 13.2 Å². The summed E-state index contributed by atoms with van der Waals surface area (Å²) in [6, 6.07) is -0.161. The second-order valence-electron chi connectivity index (χ2n) is 3.77. The maximum absolute atomic E-state index is 12.1. The number of likely N-dealkylation sites (N-methyl/N-ethyl adjacent to an activating group) is 1. The largest absolute Gasteiger partial charge is 0.325 e. The lowest BCUT2D eigenvalue weighted by Crippen LogP contribution is -2.57. The van der Waals surface area contributed by atoms with Crippen LogP contribution in [0.1, 0.15) is 0 Å². The molecule has 0 unspecified atom stereocenters. The fourth-order valence-corrected chi connectivity index (χ4v) is 2.82. The van der Waals surface area contributed by atoms with Crippen LogP contribution in [0.4, 0.5) is 0 Å². The second-order valence-corrected chi connectivity index (χ2v) is 5.74. The number of rotatable bonds is 3. The molecule has 3 N–H and O–H groups in total. The lowest BCUT2D eigenvalue weighted by molar-refractivity contribution is 0.274. The third-order valence-electron chi connectivity index (χ3n) is 2.72. The molecule has 0 aliphatic carbocycles. The molecule has 1 fully saturated rings. The summed E-state index contributed by atoms with van der Waals surface area (Å²) >= 11 is 0. The Morgan fingerprint density at radius 3 is 2.47 bits per heavy atom. The summed E-state index contributed by atoms with van der Waals surface area (Å²) < 4.78 is 25.2. The summed E-state index contributed by atoms with van der Waals surface area (Å²) in [7, 11) is -2.46. The van der Waals surface area contributed by atoms with Gasteiger partial charge in [-0.3, -0.25) is 9.78 Å². The Morgan fingerprint density at radius 1 is 1.35 bits per heavy atom. The molecule has 1 aliphatic rings. The number of hydrogen-bond donors (Lipinski definition) is 3. The van der Waals surface area contributed by atoms with Crippen LogP contribution in [0.15, 0.2) is 20.7 Å². The first-order valence-electron chi connectivity index (χ1n) is 4.93. The van der Waals surface area contributed by atoms with E-state index in [1.807, 2.05) is 4.98 Å². The van der Waals surface area contributed by atoms with Crippen LogP contribution in [-0.2, 0) is 10.0 Å². The highest BCUT2D eigenvalue weighted by atomic mass is 32.2. The molecular formula is C8H12N4O4S. The van der Waals surface area contributed by atoms with Crippen molar-refractivity contribution in [3.05, 3.63) is 27.0 Å². The van der Waals surface area contributed by atoms with Crippen molar-refractivity contribution >= 4 is 10.0 Å². The van der Waals surface area contributed by atoms with E-state index >= 15 is 0 Å². The third-order valence-corrected chi connectivity index (χ3v) is 4.63. The van der Waals surface area contributed by atoms with Crippen LogP contribution in [0.25, 0.3) is 0 Å². The zero-order valence-corrected chi connectivity index (χ0v) is 9.87. The topological polar surface area (TPSA) is 115 Å². The molecule has 2 rings (SSSR count). The average Bonchev–Trinajstić information content (AvgIpc) is 2.13. The van der Waals surface area contributed by atoms with Crippen LogP contribution in [0.5, 0.6) is 0 Å². The summed E-state index contributed by atoms with van der Waals surface area (Å²) in [4.78, 5) is 25.8. The van der Waals surface area contributed by atoms with Crippen molar-refractivity contribution in [1.82, 2.24) is 19.6 Å². The third kappa shape index (κ3) is 2.04. The lowest BCUT2D eigenvalue weighted by Gasteiger charge is -2.34. The SMILES string of the molecule is CN(C1CNC1)S(=O)(=O)c1c[nH]c(=O)[nH]c1=O. The Balaban J connectivity index is 2.44. The molecule has 0 amide bonds. The van der Waals surface area contributed by atoms with Gasteiger partial charge >= 0.3 is 5.69 Å². The maximum atomic E-state index is 12.1. The van der Waals surface area contributed by atoms with Gasteiger partial charge in [0, 0.05) is 32.4 Å². The minimum Gasteiger partial charge on any atom is -0.313 e. The maximum Gasteiger partial charge on any atom is 0.325 e. The molecule has 8 nitrogen and oxygen atoms in total. The number of aromatic amines is 2. The van der Waals surface area contributed by atoms with Gasteiger partial charge in [-0.1, -0.05) is 0 Å². The molecule has 0 radical (unpaired) electrons. The van der Waals surface area contributed by atoms with Gasteiger partial charge < -0.3 is 10.3 Å². The van der Waals surface area contributed by atoms with E-state index in [0.29, 0.717) is 13.1 Å². The summed E-state index contributed by atoms with van der Waals surface area (Å²) in [5.41, 5.74) is -1.64. The predicted octanol–water partition coefficient (Wildman–Crippen LogP) is -2.34. The summed E-state index contributed by atoms with van der Waals surface area (Å²) in [6.45, 7) is 1.11.